The van der Waals surface area contributed by atoms with Crippen molar-refractivity contribution in [3.05, 3.63) is 0 Å². The van der Waals surface area contributed by atoms with Gasteiger partial charge in [0, 0.05) is 12.3 Å². The SMILES string of the molecule is CC(C)C1(SS)CCC(=O)O1. The maximum absolute atomic E-state index is 10.9. The number of thiol groups is 1. The van der Waals surface area contributed by atoms with Gasteiger partial charge in [0.05, 0.1) is 6.42 Å². The zero-order chi connectivity index (χ0) is 8.48. The molecule has 0 bridgehead atoms. The normalized spacial score (nSPS) is 31.1. The van der Waals surface area contributed by atoms with Crippen LogP contribution in [0, 0.1) is 5.92 Å². The highest BCUT2D eigenvalue weighted by molar-refractivity contribution is 8.69. The van der Waals surface area contributed by atoms with Crippen LogP contribution < -0.4 is 0 Å². The molecule has 1 aliphatic heterocycles. The van der Waals surface area contributed by atoms with Gasteiger partial charge in [-0.2, -0.15) is 0 Å². The van der Waals surface area contributed by atoms with Crippen LogP contribution in [-0.2, 0) is 9.53 Å². The molecule has 1 aliphatic rings. The Labute approximate surface area is 75.9 Å². The van der Waals surface area contributed by atoms with E-state index in [9.17, 15) is 4.79 Å². The van der Waals surface area contributed by atoms with Gasteiger partial charge in [0.25, 0.3) is 0 Å². The zero-order valence-corrected chi connectivity index (χ0v) is 8.37. The Bertz CT molecular complexity index is 170. The highest BCUT2D eigenvalue weighted by Crippen LogP contribution is 2.44. The molecule has 0 N–H and O–H groups in total. The number of hydrogen-bond acceptors (Lipinski definition) is 4. The fourth-order valence-electron chi connectivity index (χ4n) is 1.15. The molecule has 11 heavy (non-hydrogen) atoms. The maximum Gasteiger partial charge on any atom is 0.307 e. The molecular weight excluding hydrogens is 180 g/mol. The van der Waals surface area contributed by atoms with Crippen LogP contribution in [-0.4, -0.2) is 10.9 Å². The Morgan fingerprint density at radius 3 is 2.55 bits per heavy atom. The highest BCUT2D eigenvalue weighted by atomic mass is 33.1. The molecule has 1 rings (SSSR count). The third kappa shape index (κ3) is 1.67. The Morgan fingerprint density at radius 2 is 2.36 bits per heavy atom. The first-order chi connectivity index (χ1) is 5.10. The maximum atomic E-state index is 10.9. The summed E-state index contributed by atoms with van der Waals surface area (Å²) < 4.78 is 5.21. The van der Waals surface area contributed by atoms with Crippen LogP contribution in [0.5, 0.6) is 0 Å². The molecule has 1 saturated heterocycles. The molecule has 2 nitrogen and oxygen atoms in total. The van der Waals surface area contributed by atoms with Crippen LogP contribution >= 0.6 is 22.5 Å². The predicted octanol–water partition coefficient (Wildman–Crippen LogP) is 2.25. The Kier molecular flexibility index (Phi) is 2.75. The first kappa shape index (κ1) is 9.26. The number of hydrogen-bond donors (Lipinski definition) is 1. The van der Waals surface area contributed by atoms with Crippen LogP contribution in [0.2, 0.25) is 0 Å². The summed E-state index contributed by atoms with van der Waals surface area (Å²) in [5.41, 5.74) is 0. The van der Waals surface area contributed by atoms with E-state index in [0.717, 1.165) is 6.42 Å². The lowest BCUT2D eigenvalue weighted by molar-refractivity contribution is -0.144. The third-order valence-electron chi connectivity index (χ3n) is 2.00. The number of cyclic esters (lactones) is 1. The molecule has 1 unspecified atom stereocenters. The average molecular weight is 192 g/mol. The molecule has 0 radical (unpaired) electrons. The first-order valence-electron chi connectivity index (χ1n) is 3.65. The van der Waals surface area contributed by atoms with Gasteiger partial charge in [-0.1, -0.05) is 13.8 Å². The van der Waals surface area contributed by atoms with E-state index in [0.29, 0.717) is 12.3 Å². The van der Waals surface area contributed by atoms with Gasteiger partial charge in [0.15, 0.2) is 4.93 Å². The van der Waals surface area contributed by atoms with E-state index in [4.69, 9.17) is 4.74 Å². The molecule has 1 heterocycles. The van der Waals surface area contributed by atoms with Crippen molar-refractivity contribution < 1.29 is 9.53 Å². The second-order valence-electron chi connectivity index (χ2n) is 3.03. The van der Waals surface area contributed by atoms with Crippen LogP contribution in [0.15, 0.2) is 0 Å². The van der Waals surface area contributed by atoms with Crippen molar-refractivity contribution in [3.8, 4) is 0 Å². The molecule has 0 aromatic rings. The quantitative estimate of drug-likeness (QED) is 0.413. The zero-order valence-electron chi connectivity index (χ0n) is 6.66. The number of ether oxygens (including phenoxy) is 1. The number of esters is 1. The summed E-state index contributed by atoms with van der Waals surface area (Å²) in [7, 11) is 1.34. The number of rotatable bonds is 2. The second-order valence-corrected chi connectivity index (χ2v) is 4.45. The molecule has 0 aromatic carbocycles. The number of carbonyl (C=O) groups excluding carboxylic acids is 1. The van der Waals surface area contributed by atoms with E-state index in [1.54, 1.807) is 0 Å². The average Bonchev–Trinajstić information content (AvgIpc) is 2.33. The lowest BCUT2D eigenvalue weighted by atomic mass is 10.0. The minimum absolute atomic E-state index is 0.0970. The first-order valence-corrected chi connectivity index (χ1v) is 5.52. The van der Waals surface area contributed by atoms with Crippen molar-refractivity contribution in [3.63, 3.8) is 0 Å². The molecule has 0 aliphatic carbocycles. The van der Waals surface area contributed by atoms with Crippen molar-refractivity contribution >= 4 is 28.4 Å². The molecular formula is C7H12O2S2. The molecule has 0 saturated carbocycles. The fraction of sp³-hybridized carbons (Fsp3) is 0.857. The fourth-order valence-corrected chi connectivity index (χ4v) is 2.70. The molecule has 1 atom stereocenters. The summed E-state index contributed by atoms with van der Waals surface area (Å²) in [6.45, 7) is 4.09. The van der Waals surface area contributed by atoms with E-state index >= 15 is 0 Å². The van der Waals surface area contributed by atoms with Gasteiger partial charge in [-0.15, -0.1) is 11.7 Å². The van der Waals surface area contributed by atoms with Crippen LogP contribution in [0.4, 0.5) is 0 Å². The van der Waals surface area contributed by atoms with E-state index in [1.807, 2.05) is 13.8 Å². The molecule has 64 valence electrons. The third-order valence-corrected chi connectivity index (χ3v) is 3.99. The molecule has 4 heteroatoms. The molecule has 0 amide bonds. The van der Waals surface area contributed by atoms with Gasteiger partial charge >= 0.3 is 5.97 Å². The summed E-state index contributed by atoms with van der Waals surface area (Å²) in [5, 5.41) is 0. The lowest BCUT2D eigenvalue weighted by Crippen LogP contribution is -2.29. The second kappa shape index (κ2) is 3.27. The van der Waals surface area contributed by atoms with Gasteiger partial charge in [-0.05, 0) is 10.8 Å². The predicted molar refractivity (Wildman–Crippen MR) is 49.5 cm³/mol. The summed E-state index contributed by atoms with van der Waals surface area (Å²) in [6, 6.07) is 0. The Morgan fingerprint density at radius 1 is 1.73 bits per heavy atom. The Hall–Kier alpha value is 0.170. The lowest BCUT2D eigenvalue weighted by Gasteiger charge is -2.28. The van der Waals surface area contributed by atoms with Crippen molar-refractivity contribution in [1.29, 1.82) is 0 Å². The van der Waals surface area contributed by atoms with Crippen molar-refractivity contribution in [2.75, 3.05) is 0 Å². The number of carbonyl (C=O) groups is 1. The van der Waals surface area contributed by atoms with Gasteiger partial charge < -0.3 is 4.74 Å². The highest BCUT2D eigenvalue weighted by Gasteiger charge is 2.43. The van der Waals surface area contributed by atoms with Gasteiger partial charge in [0.1, 0.15) is 0 Å². The van der Waals surface area contributed by atoms with E-state index in [-0.39, 0.29) is 10.9 Å². The smallest absolute Gasteiger partial charge is 0.307 e. The minimum Gasteiger partial charge on any atom is -0.447 e. The van der Waals surface area contributed by atoms with Gasteiger partial charge in [0.2, 0.25) is 0 Å². The topological polar surface area (TPSA) is 26.3 Å². The standard InChI is InChI=1S/C7H12O2S2/c1-5(2)7(11-10)4-3-6(8)9-7/h5,10H,3-4H2,1-2H3. The summed E-state index contributed by atoms with van der Waals surface area (Å²) in [5.74, 6) is 0.233. The molecule has 0 aromatic heterocycles. The Balaban J connectivity index is 2.70. The van der Waals surface area contributed by atoms with E-state index in [1.165, 1.54) is 10.8 Å². The van der Waals surface area contributed by atoms with Gasteiger partial charge in [-0.3, -0.25) is 4.79 Å². The minimum atomic E-state index is -0.361. The summed E-state index contributed by atoms with van der Waals surface area (Å²) in [6.07, 6.45) is 1.32. The van der Waals surface area contributed by atoms with Crippen LogP contribution in [0.3, 0.4) is 0 Å². The van der Waals surface area contributed by atoms with Crippen molar-refractivity contribution in [2.45, 2.75) is 31.6 Å². The van der Waals surface area contributed by atoms with E-state index < -0.39 is 0 Å². The van der Waals surface area contributed by atoms with Gasteiger partial charge in [-0.25, -0.2) is 0 Å². The van der Waals surface area contributed by atoms with Crippen LogP contribution in [0.25, 0.3) is 0 Å². The van der Waals surface area contributed by atoms with Crippen LogP contribution in [0.1, 0.15) is 26.7 Å². The molecule has 0 spiro atoms. The van der Waals surface area contributed by atoms with Crippen molar-refractivity contribution in [2.24, 2.45) is 5.92 Å². The van der Waals surface area contributed by atoms with Crippen molar-refractivity contribution in [1.82, 2.24) is 0 Å². The van der Waals surface area contributed by atoms with E-state index in [2.05, 4.69) is 11.7 Å². The summed E-state index contributed by atoms with van der Waals surface area (Å²) >= 11 is 4.12. The summed E-state index contributed by atoms with van der Waals surface area (Å²) in [4.78, 5) is 10.5. The monoisotopic (exact) mass is 192 g/mol. The largest absolute Gasteiger partial charge is 0.447 e. The molecule has 1 fully saturated rings.